The lowest BCUT2D eigenvalue weighted by molar-refractivity contribution is -0.120. The molecule has 3 aromatic rings. The standard InChI is InChI=1S/C27H24N2O6/c1-28-14-7-9-15(10-8-14)29-27(34)13-6-11-16-18(12-13)25(32)21-22(23(16)30)26(33)20-17(24(21)31)4-3-5-19(20)35-2/h3-5,7-10,13,28,30,32H,6,11-12H2,1-2H3,(H,29,34). The highest BCUT2D eigenvalue weighted by Crippen LogP contribution is 2.47. The highest BCUT2D eigenvalue weighted by molar-refractivity contribution is 6.31. The SMILES string of the molecule is CNc1ccc(NC(=O)C2CCc3c(O)c4c(c(O)c3C2)C(=O)c2cccc(OC)c2C4=O)cc1. The summed E-state index contributed by atoms with van der Waals surface area (Å²) in [5.41, 5.74) is 2.01. The molecule has 0 saturated heterocycles. The molecule has 0 bridgehead atoms. The highest BCUT2D eigenvalue weighted by atomic mass is 16.5. The molecule has 178 valence electrons. The fourth-order valence-electron chi connectivity index (χ4n) is 5.00. The van der Waals surface area contributed by atoms with Crippen molar-refractivity contribution in [3.63, 3.8) is 0 Å². The van der Waals surface area contributed by atoms with Crippen LogP contribution in [0.25, 0.3) is 0 Å². The number of ketones is 2. The zero-order chi connectivity index (χ0) is 24.9. The van der Waals surface area contributed by atoms with Crippen LogP contribution in [-0.4, -0.2) is 41.8 Å². The van der Waals surface area contributed by atoms with Gasteiger partial charge in [0.1, 0.15) is 17.2 Å². The van der Waals surface area contributed by atoms with Crippen LogP contribution in [0.15, 0.2) is 42.5 Å². The van der Waals surface area contributed by atoms with Gasteiger partial charge in [0.15, 0.2) is 5.78 Å². The third-order valence-electron chi connectivity index (χ3n) is 6.84. The van der Waals surface area contributed by atoms with Crippen LogP contribution in [0.2, 0.25) is 0 Å². The summed E-state index contributed by atoms with van der Waals surface area (Å²) in [6.45, 7) is 0. The lowest BCUT2D eigenvalue weighted by atomic mass is 9.75. The van der Waals surface area contributed by atoms with Gasteiger partial charge < -0.3 is 25.6 Å². The number of aromatic hydroxyl groups is 2. The van der Waals surface area contributed by atoms with Gasteiger partial charge in [-0.05, 0) is 49.6 Å². The number of nitrogens with one attached hydrogen (secondary N) is 2. The zero-order valence-corrected chi connectivity index (χ0v) is 19.3. The van der Waals surface area contributed by atoms with Crippen LogP contribution in [0.5, 0.6) is 17.2 Å². The van der Waals surface area contributed by atoms with Gasteiger partial charge in [0.2, 0.25) is 11.7 Å². The predicted octanol–water partition coefficient (Wildman–Crippen LogP) is 3.67. The number of amides is 1. The Bertz CT molecular complexity index is 1390. The minimum absolute atomic E-state index is 0.0690. The van der Waals surface area contributed by atoms with Crippen LogP contribution in [0.1, 0.15) is 49.4 Å². The summed E-state index contributed by atoms with van der Waals surface area (Å²) < 4.78 is 5.27. The Hall–Kier alpha value is -4.33. The van der Waals surface area contributed by atoms with Crippen LogP contribution in [0.4, 0.5) is 11.4 Å². The van der Waals surface area contributed by atoms with E-state index in [1.807, 2.05) is 12.1 Å². The van der Waals surface area contributed by atoms with Crippen molar-refractivity contribution < 1.29 is 29.3 Å². The maximum Gasteiger partial charge on any atom is 0.227 e. The van der Waals surface area contributed by atoms with Gasteiger partial charge in [-0.25, -0.2) is 0 Å². The van der Waals surface area contributed by atoms with Crippen molar-refractivity contribution in [2.45, 2.75) is 19.3 Å². The van der Waals surface area contributed by atoms with Crippen molar-refractivity contribution in [1.82, 2.24) is 0 Å². The molecule has 0 aliphatic heterocycles. The van der Waals surface area contributed by atoms with E-state index in [9.17, 15) is 24.6 Å². The first kappa shape index (κ1) is 22.5. The van der Waals surface area contributed by atoms with Crippen molar-refractivity contribution in [2.24, 2.45) is 5.92 Å². The van der Waals surface area contributed by atoms with Crippen LogP contribution in [0, 0.1) is 5.92 Å². The van der Waals surface area contributed by atoms with Gasteiger partial charge >= 0.3 is 0 Å². The summed E-state index contributed by atoms with van der Waals surface area (Å²) in [5.74, 6) is -2.28. The number of phenols is 2. The van der Waals surface area contributed by atoms with E-state index in [2.05, 4.69) is 10.6 Å². The molecular formula is C27H24N2O6. The second-order valence-corrected chi connectivity index (χ2v) is 8.70. The van der Waals surface area contributed by atoms with Gasteiger partial charge in [-0.15, -0.1) is 0 Å². The molecule has 0 spiro atoms. The smallest absolute Gasteiger partial charge is 0.227 e. The Labute approximate surface area is 201 Å². The number of fused-ring (bicyclic) bond motifs is 3. The van der Waals surface area contributed by atoms with Crippen molar-refractivity contribution >= 4 is 28.8 Å². The number of benzene rings is 3. The zero-order valence-electron chi connectivity index (χ0n) is 19.3. The maximum absolute atomic E-state index is 13.3. The minimum Gasteiger partial charge on any atom is -0.507 e. The molecule has 8 nitrogen and oxygen atoms in total. The van der Waals surface area contributed by atoms with E-state index in [0.29, 0.717) is 23.2 Å². The highest BCUT2D eigenvalue weighted by Gasteiger charge is 2.41. The lowest BCUT2D eigenvalue weighted by Gasteiger charge is -2.29. The number of phenolic OH excluding ortho intramolecular Hbond substituents is 2. The Morgan fingerprint density at radius 1 is 0.914 bits per heavy atom. The van der Waals surface area contributed by atoms with E-state index in [1.54, 1.807) is 31.3 Å². The second-order valence-electron chi connectivity index (χ2n) is 8.70. The first-order valence-corrected chi connectivity index (χ1v) is 11.3. The number of anilines is 2. The topological polar surface area (TPSA) is 125 Å². The van der Waals surface area contributed by atoms with Crippen LogP contribution in [0.3, 0.4) is 0 Å². The van der Waals surface area contributed by atoms with E-state index >= 15 is 0 Å². The molecule has 0 fully saturated rings. The molecule has 35 heavy (non-hydrogen) atoms. The number of hydrogen-bond acceptors (Lipinski definition) is 7. The Morgan fingerprint density at radius 3 is 2.26 bits per heavy atom. The average molecular weight is 472 g/mol. The first-order valence-electron chi connectivity index (χ1n) is 11.3. The summed E-state index contributed by atoms with van der Waals surface area (Å²) in [6, 6.07) is 11.9. The quantitative estimate of drug-likeness (QED) is 0.334. The molecule has 0 saturated carbocycles. The van der Waals surface area contributed by atoms with Crippen molar-refractivity contribution in [3.8, 4) is 17.2 Å². The number of methoxy groups -OCH3 is 1. The van der Waals surface area contributed by atoms with Gasteiger partial charge in [-0.2, -0.15) is 0 Å². The number of rotatable bonds is 4. The van der Waals surface area contributed by atoms with Crippen molar-refractivity contribution in [1.29, 1.82) is 0 Å². The molecule has 8 heteroatoms. The predicted molar refractivity (Wildman–Crippen MR) is 130 cm³/mol. The molecular weight excluding hydrogens is 448 g/mol. The summed E-state index contributed by atoms with van der Waals surface area (Å²) in [6.07, 6.45) is 0.829. The number of carbonyl (C=O) groups excluding carboxylic acids is 3. The fourth-order valence-corrected chi connectivity index (χ4v) is 5.00. The van der Waals surface area contributed by atoms with Gasteiger partial charge in [0, 0.05) is 41.0 Å². The molecule has 1 amide bonds. The van der Waals surface area contributed by atoms with Gasteiger partial charge in [-0.3, -0.25) is 14.4 Å². The molecule has 4 N–H and O–H groups in total. The molecule has 0 radical (unpaired) electrons. The van der Waals surface area contributed by atoms with E-state index < -0.39 is 17.5 Å². The first-order chi connectivity index (χ1) is 16.8. The van der Waals surface area contributed by atoms with Gasteiger partial charge in [-0.1, -0.05) is 12.1 Å². The van der Waals surface area contributed by atoms with Crippen molar-refractivity contribution in [3.05, 3.63) is 75.8 Å². The Morgan fingerprint density at radius 2 is 1.57 bits per heavy atom. The fraction of sp³-hybridized carbons (Fsp3) is 0.222. The van der Waals surface area contributed by atoms with Crippen LogP contribution < -0.4 is 15.4 Å². The Kier molecular flexibility index (Phi) is 5.43. The third kappa shape index (κ3) is 3.49. The molecule has 2 aliphatic rings. The van der Waals surface area contributed by atoms with Crippen molar-refractivity contribution in [2.75, 3.05) is 24.8 Å². The summed E-state index contributed by atoms with van der Waals surface area (Å²) in [4.78, 5) is 39.6. The molecule has 0 heterocycles. The minimum atomic E-state index is -0.576. The normalized spacial score (nSPS) is 16.1. The van der Waals surface area contributed by atoms with Gasteiger partial charge in [0.25, 0.3) is 0 Å². The number of ether oxygens (including phenoxy) is 1. The van der Waals surface area contributed by atoms with E-state index in [-0.39, 0.29) is 58.3 Å². The molecule has 5 rings (SSSR count). The maximum atomic E-state index is 13.3. The molecule has 2 aliphatic carbocycles. The second kappa shape index (κ2) is 8.47. The third-order valence-corrected chi connectivity index (χ3v) is 6.84. The molecule has 1 unspecified atom stereocenters. The molecule has 3 aromatic carbocycles. The molecule has 1 atom stereocenters. The van der Waals surface area contributed by atoms with E-state index in [0.717, 1.165) is 5.69 Å². The van der Waals surface area contributed by atoms with E-state index in [1.165, 1.54) is 13.2 Å². The largest absolute Gasteiger partial charge is 0.507 e. The summed E-state index contributed by atoms with van der Waals surface area (Å²) in [5, 5.41) is 28.1. The van der Waals surface area contributed by atoms with E-state index in [4.69, 9.17) is 4.74 Å². The summed E-state index contributed by atoms with van der Waals surface area (Å²) in [7, 11) is 3.20. The van der Waals surface area contributed by atoms with Crippen LogP contribution in [-0.2, 0) is 17.6 Å². The average Bonchev–Trinajstić information content (AvgIpc) is 2.88. The van der Waals surface area contributed by atoms with Crippen LogP contribution >= 0.6 is 0 Å². The number of carbonyl (C=O) groups is 3. The monoisotopic (exact) mass is 472 g/mol. The Balaban J connectivity index is 1.50. The molecule has 0 aromatic heterocycles. The van der Waals surface area contributed by atoms with Gasteiger partial charge in [0.05, 0.1) is 23.8 Å². The lowest BCUT2D eigenvalue weighted by Crippen LogP contribution is -2.30. The number of hydrogen-bond donors (Lipinski definition) is 4. The summed E-state index contributed by atoms with van der Waals surface area (Å²) >= 11 is 0.